The first kappa shape index (κ1) is 8.61. The van der Waals surface area contributed by atoms with Gasteiger partial charge in [0.15, 0.2) is 0 Å². The van der Waals surface area contributed by atoms with Crippen LogP contribution >= 0.6 is 0 Å². The Hall–Kier alpha value is -1.49. The number of aryl methyl sites for hydroxylation is 1. The van der Waals surface area contributed by atoms with Crippen molar-refractivity contribution in [2.45, 2.75) is 13.5 Å². The fourth-order valence-electron chi connectivity index (χ4n) is 0.982. The van der Waals surface area contributed by atoms with E-state index in [1.165, 1.54) is 4.57 Å². The second-order valence-corrected chi connectivity index (χ2v) is 2.38. The second kappa shape index (κ2) is 3.27. The molecule has 0 saturated carbocycles. The van der Waals surface area contributed by atoms with E-state index in [2.05, 4.69) is 5.43 Å². The van der Waals surface area contributed by atoms with Gasteiger partial charge in [0.05, 0.1) is 5.69 Å². The van der Waals surface area contributed by atoms with Crippen molar-refractivity contribution in [2.75, 3.05) is 11.2 Å². The highest BCUT2D eigenvalue weighted by Gasteiger charge is 2.03. The Balaban J connectivity index is 3.34. The molecule has 5 heteroatoms. The molecule has 0 radical (unpaired) electrons. The lowest BCUT2D eigenvalue weighted by Crippen LogP contribution is -2.26. The molecule has 1 aromatic rings. The minimum atomic E-state index is -0.194. The average molecular weight is 168 g/mol. The average Bonchev–Trinajstić information content (AvgIpc) is 2.06. The van der Waals surface area contributed by atoms with Crippen molar-refractivity contribution < 1.29 is 0 Å². The maximum Gasteiger partial charge on any atom is 0.277 e. The minimum absolute atomic E-state index is 0.194. The minimum Gasteiger partial charge on any atom is -0.397 e. The maximum absolute atomic E-state index is 11.4. The van der Waals surface area contributed by atoms with Crippen LogP contribution in [0.2, 0.25) is 0 Å². The normalized spacial score (nSPS) is 9.83. The molecule has 0 atom stereocenters. The Morgan fingerprint density at radius 2 is 2.33 bits per heavy atom. The van der Waals surface area contributed by atoms with Crippen molar-refractivity contribution in [3.63, 3.8) is 0 Å². The summed E-state index contributed by atoms with van der Waals surface area (Å²) in [7, 11) is 0. The van der Waals surface area contributed by atoms with Gasteiger partial charge < -0.3 is 15.7 Å². The number of pyridine rings is 1. The topological polar surface area (TPSA) is 86.1 Å². The zero-order chi connectivity index (χ0) is 9.14. The zero-order valence-corrected chi connectivity index (χ0v) is 6.87. The molecule has 0 saturated heterocycles. The molecule has 1 aromatic heterocycles. The molecule has 0 aliphatic heterocycles. The molecule has 0 aliphatic carbocycles. The molecule has 1 rings (SSSR count). The largest absolute Gasteiger partial charge is 0.397 e. The van der Waals surface area contributed by atoms with Crippen LogP contribution in [-0.4, -0.2) is 4.57 Å². The highest BCUT2D eigenvalue weighted by molar-refractivity contribution is 5.63. The van der Waals surface area contributed by atoms with E-state index in [0.717, 1.165) is 0 Å². The van der Waals surface area contributed by atoms with Crippen LogP contribution in [0, 0.1) is 0 Å². The molecule has 0 aliphatic rings. The van der Waals surface area contributed by atoms with E-state index < -0.39 is 0 Å². The summed E-state index contributed by atoms with van der Waals surface area (Å²) < 4.78 is 1.52. The first-order valence-corrected chi connectivity index (χ1v) is 3.66. The van der Waals surface area contributed by atoms with Gasteiger partial charge in [0, 0.05) is 12.7 Å². The van der Waals surface area contributed by atoms with Crippen molar-refractivity contribution in [1.29, 1.82) is 0 Å². The predicted molar refractivity (Wildman–Crippen MR) is 48.6 cm³/mol. The summed E-state index contributed by atoms with van der Waals surface area (Å²) >= 11 is 0. The lowest BCUT2D eigenvalue weighted by Gasteiger charge is -2.06. The Morgan fingerprint density at radius 3 is 2.83 bits per heavy atom. The number of hydrogen-bond donors (Lipinski definition) is 3. The van der Waals surface area contributed by atoms with Crippen LogP contribution < -0.4 is 22.6 Å². The molecule has 0 amide bonds. The van der Waals surface area contributed by atoms with E-state index in [-0.39, 0.29) is 11.2 Å². The van der Waals surface area contributed by atoms with Gasteiger partial charge in [-0.2, -0.15) is 0 Å². The molecule has 0 fully saturated rings. The Labute approximate surface area is 70.0 Å². The third-order valence-electron chi connectivity index (χ3n) is 1.68. The van der Waals surface area contributed by atoms with E-state index in [1.54, 1.807) is 12.3 Å². The van der Waals surface area contributed by atoms with Gasteiger partial charge in [0.2, 0.25) is 0 Å². The Kier molecular flexibility index (Phi) is 2.35. The molecular formula is C7H12N4O. The van der Waals surface area contributed by atoms with E-state index in [1.807, 2.05) is 6.92 Å². The van der Waals surface area contributed by atoms with Crippen molar-refractivity contribution in [3.05, 3.63) is 22.6 Å². The first-order chi connectivity index (χ1) is 5.70. The molecular weight excluding hydrogens is 156 g/mol. The Bertz CT molecular complexity index is 331. The van der Waals surface area contributed by atoms with Crippen LogP contribution in [-0.2, 0) is 6.54 Å². The summed E-state index contributed by atoms with van der Waals surface area (Å²) in [6.45, 7) is 2.48. The van der Waals surface area contributed by atoms with Crippen LogP contribution in [0.25, 0.3) is 0 Å². The zero-order valence-electron chi connectivity index (χ0n) is 6.87. The van der Waals surface area contributed by atoms with Crippen LogP contribution in [0.3, 0.4) is 0 Å². The van der Waals surface area contributed by atoms with Gasteiger partial charge in [0.1, 0.15) is 5.69 Å². The molecule has 0 aromatic carbocycles. The number of rotatable bonds is 2. The quantitative estimate of drug-likeness (QED) is 0.419. The third-order valence-corrected chi connectivity index (χ3v) is 1.68. The van der Waals surface area contributed by atoms with Crippen molar-refractivity contribution in [2.24, 2.45) is 5.84 Å². The van der Waals surface area contributed by atoms with Crippen LogP contribution in [0.1, 0.15) is 6.92 Å². The molecule has 66 valence electrons. The van der Waals surface area contributed by atoms with E-state index in [4.69, 9.17) is 11.6 Å². The van der Waals surface area contributed by atoms with Crippen molar-refractivity contribution >= 4 is 11.4 Å². The lowest BCUT2D eigenvalue weighted by molar-refractivity contribution is 0.729. The number of anilines is 2. The fraction of sp³-hybridized carbons (Fsp3) is 0.286. The van der Waals surface area contributed by atoms with Gasteiger partial charge in [-0.15, -0.1) is 0 Å². The van der Waals surface area contributed by atoms with Gasteiger partial charge >= 0.3 is 0 Å². The molecule has 12 heavy (non-hydrogen) atoms. The number of hydrogen-bond acceptors (Lipinski definition) is 4. The van der Waals surface area contributed by atoms with Gasteiger partial charge in [-0.25, -0.2) is 0 Å². The van der Waals surface area contributed by atoms with Gasteiger partial charge in [-0.05, 0) is 13.0 Å². The Morgan fingerprint density at radius 1 is 1.67 bits per heavy atom. The lowest BCUT2D eigenvalue weighted by atomic mass is 10.3. The first-order valence-electron chi connectivity index (χ1n) is 3.66. The smallest absolute Gasteiger partial charge is 0.277 e. The molecule has 5 nitrogen and oxygen atoms in total. The van der Waals surface area contributed by atoms with Crippen LogP contribution in [0.5, 0.6) is 0 Å². The van der Waals surface area contributed by atoms with Gasteiger partial charge in [0.25, 0.3) is 5.56 Å². The van der Waals surface area contributed by atoms with Crippen LogP contribution in [0.15, 0.2) is 17.1 Å². The standard InChI is InChI=1S/C7H12N4O/c1-2-11-4-3-5(8)6(10-9)7(11)12/h3-4,10H,2,8-9H2,1H3. The highest BCUT2D eigenvalue weighted by atomic mass is 16.1. The number of nitrogens with two attached hydrogens (primary N) is 2. The van der Waals surface area contributed by atoms with E-state index in [9.17, 15) is 4.79 Å². The highest BCUT2D eigenvalue weighted by Crippen LogP contribution is 2.09. The summed E-state index contributed by atoms with van der Waals surface area (Å²) in [4.78, 5) is 11.4. The fourth-order valence-corrected chi connectivity index (χ4v) is 0.982. The SMILES string of the molecule is CCn1ccc(N)c(NN)c1=O. The number of aromatic nitrogens is 1. The van der Waals surface area contributed by atoms with E-state index >= 15 is 0 Å². The number of nitrogen functional groups attached to an aromatic ring is 2. The number of nitrogens with zero attached hydrogens (tertiary/aromatic N) is 1. The monoisotopic (exact) mass is 168 g/mol. The van der Waals surface area contributed by atoms with Gasteiger partial charge in [-0.1, -0.05) is 0 Å². The number of hydrazine groups is 1. The summed E-state index contributed by atoms with van der Waals surface area (Å²) in [6.07, 6.45) is 1.64. The summed E-state index contributed by atoms with van der Waals surface area (Å²) in [5, 5.41) is 0. The molecule has 1 heterocycles. The molecule has 5 N–H and O–H groups in total. The predicted octanol–water partition coefficient (Wildman–Crippen LogP) is -0.264. The van der Waals surface area contributed by atoms with Crippen molar-refractivity contribution in [1.82, 2.24) is 4.57 Å². The summed E-state index contributed by atoms with van der Waals surface area (Å²) in [6, 6.07) is 1.64. The van der Waals surface area contributed by atoms with Gasteiger partial charge in [-0.3, -0.25) is 10.6 Å². The molecule has 0 bridgehead atoms. The molecule has 0 spiro atoms. The molecule has 0 unspecified atom stereocenters. The second-order valence-electron chi connectivity index (χ2n) is 2.38. The van der Waals surface area contributed by atoms with E-state index in [0.29, 0.717) is 12.2 Å². The van der Waals surface area contributed by atoms with Crippen LogP contribution in [0.4, 0.5) is 11.4 Å². The third kappa shape index (κ3) is 1.26. The summed E-state index contributed by atoms with van der Waals surface area (Å²) in [5.41, 5.74) is 8.20. The summed E-state index contributed by atoms with van der Waals surface area (Å²) in [5.74, 6) is 5.13. The number of nitrogens with one attached hydrogen (secondary N) is 1. The van der Waals surface area contributed by atoms with Crippen molar-refractivity contribution in [3.8, 4) is 0 Å². The maximum atomic E-state index is 11.4.